The first kappa shape index (κ1) is 19.8. The number of alkyl halides is 3. The lowest BCUT2D eigenvalue weighted by atomic mass is 10.0. The molecule has 1 aromatic heterocycles. The van der Waals surface area contributed by atoms with Crippen molar-refractivity contribution in [1.29, 1.82) is 0 Å². The molecule has 1 aliphatic heterocycles. The van der Waals surface area contributed by atoms with Crippen LogP contribution in [0.1, 0.15) is 16.1 Å². The fourth-order valence-electron chi connectivity index (χ4n) is 3.38. The van der Waals surface area contributed by atoms with Gasteiger partial charge in [-0.3, -0.25) is 9.48 Å². The number of fused-ring (bicyclic) bond motifs is 1. The van der Waals surface area contributed by atoms with Crippen LogP contribution in [0.25, 0.3) is 11.1 Å². The van der Waals surface area contributed by atoms with Crippen LogP contribution in [0.5, 0.6) is 11.5 Å². The summed E-state index contributed by atoms with van der Waals surface area (Å²) in [6.07, 6.45) is -2.84. The van der Waals surface area contributed by atoms with E-state index in [4.69, 9.17) is 4.74 Å². The van der Waals surface area contributed by atoms with Crippen molar-refractivity contribution in [2.75, 3.05) is 6.54 Å². The van der Waals surface area contributed by atoms with Crippen LogP contribution in [0.4, 0.5) is 13.2 Å². The Balaban J connectivity index is 1.43. The van der Waals surface area contributed by atoms with Gasteiger partial charge in [0.15, 0.2) is 0 Å². The highest BCUT2D eigenvalue weighted by atomic mass is 19.4. The third kappa shape index (κ3) is 4.40. The van der Waals surface area contributed by atoms with Crippen molar-refractivity contribution in [2.24, 2.45) is 7.05 Å². The number of nitrogens with one attached hydrogen (secondary N) is 1. The van der Waals surface area contributed by atoms with Gasteiger partial charge >= 0.3 is 6.36 Å². The van der Waals surface area contributed by atoms with E-state index >= 15 is 0 Å². The second kappa shape index (κ2) is 7.74. The Hall–Kier alpha value is -3.49. The molecule has 6 nitrogen and oxygen atoms in total. The Kier molecular flexibility index (Phi) is 5.11. The minimum Gasteiger partial charge on any atom is -0.488 e. The van der Waals surface area contributed by atoms with E-state index in [1.54, 1.807) is 37.5 Å². The first-order valence-corrected chi connectivity index (χ1v) is 9.20. The number of rotatable bonds is 5. The van der Waals surface area contributed by atoms with Gasteiger partial charge < -0.3 is 14.8 Å². The van der Waals surface area contributed by atoms with Crippen LogP contribution in [-0.4, -0.2) is 34.7 Å². The quantitative estimate of drug-likeness (QED) is 0.687. The van der Waals surface area contributed by atoms with Crippen LogP contribution in [0.15, 0.2) is 54.7 Å². The minimum absolute atomic E-state index is 0.229. The molecule has 1 atom stereocenters. The number of ether oxygens (including phenoxy) is 2. The fourth-order valence-corrected chi connectivity index (χ4v) is 3.38. The maximum absolute atomic E-state index is 12.5. The Labute approximate surface area is 170 Å². The van der Waals surface area contributed by atoms with E-state index in [0.29, 0.717) is 30.0 Å². The Morgan fingerprint density at radius 1 is 1.23 bits per heavy atom. The largest absolute Gasteiger partial charge is 0.573 e. The highest BCUT2D eigenvalue weighted by molar-refractivity contribution is 5.92. The van der Waals surface area contributed by atoms with E-state index in [1.807, 2.05) is 6.07 Å². The molecule has 1 N–H and O–H groups in total. The summed E-state index contributed by atoms with van der Waals surface area (Å²) < 4.78 is 48.8. The normalized spacial score (nSPS) is 15.4. The van der Waals surface area contributed by atoms with Crippen molar-refractivity contribution < 1.29 is 27.4 Å². The molecule has 0 radical (unpaired) electrons. The highest BCUT2D eigenvalue weighted by Gasteiger charge is 2.31. The SMILES string of the molecule is Cn1nccc1C(=O)NC[C@@H]1Cc2cc(-c3cccc(OC(F)(F)F)c3)ccc2O1. The van der Waals surface area contributed by atoms with Crippen molar-refractivity contribution >= 4 is 5.91 Å². The molecule has 2 aromatic carbocycles. The summed E-state index contributed by atoms with van der Waals surface area (Å²) in [6.45, 7) is 0.322. The van der Waals surface area contributed by atoms with Crippen LogP contribution < -0.4 is 14.8 Å². The molecule has 0 bridgehead atoms. The molecule has 0 saturated heterocycles. The highest BCUT2D eigenvalue weighted by Crippen LogP contribution is 2.34. The van der Waals surface area contributed by atoms with Gasteiger partial charge in [0.05, 0.1) is 6.54 Å². The molecule has 0 aliphatic carbocycles. The Morgan fingerprint density at radius 2 is 2.03 bits per heavy atom. The van der Waals surface area contributed by atoms with Gasteiger partial charge in [0.25, 0.3) is 5.91 Å². The lowest BCUT2D eigenvalue weighted by molar-refractivity contribution is -0.274. The molecule has 1 amide bonds. The van der Waals surface area contributed by atoms with Gasteiger partial charge in [0.1, 0.15) is 23.3 Å². The molecule has 30 heavy (non-hydrogen) atoms. The van der Waals surface area contributed by atoms with E-state index in [-0.39, 0.29) is 17.8 Å². The molecule has 156 valence electrons. The monoisotopic (exact) mass is 417 g/mol. The van der Waals surface area contributed by atoms with Crippen molar-refractivity contribution in [3.8, 4) is 22.6 Å². The third-order valence-corrected chi connectivity index (χ3v) is 4.75. The average Bonchev–Trinajstić information content (AvgIpc) is 3.30. The molecule has 0 fully saturated rings. The second-order valence-corrected chi connectivity index (χ2v) is 6.89. The van der Waals surface area contributed by atoms with E-state index in [1.165, 1.54) is 22.9 Å². The topological polar surface area (TPSA) is 65.4 Å². The van der Waals surface area contributed by atoms with Crippen LogP contribution >= 0.6 is 0 Å². The van der Waals surface area contributed by atoms with Crippen molar-refractivity contribution in [3.63, 3.8) is 0 Å². The molecular weight excluding hydrogens is 399 g/mol. The lowest BCUT2D eigenvalue weighted by Gasteiger charge is -2.12. The van der Waals surface area contributed by atoms with Gasteiger partial charge in [-0.2, -0.15) is 5.10 Å². The number of aromatic nitrogens is 2. The molecule has 9 heteroatoms. The average molecular weight is 417 g/mol. The van der Waals surface area contributed by atoms with Crippen molar-refractivity contribution in [3.05, 3.63) is 66.0 Å². The maximum atomic E-state index is 12.5. The van der Waals surface area contributed by atoms with Gasteiger partial charge in [0, 0.05) is 19.7 Å². The summed E-state index contributed by atoms with van der Waals surface area (Å²) >= 11 is 0. The maximum Gasteiger partial charge on any atom is 0.573 e. The standard InChI is InChI=1S/C21H18F3N3O3/c1-27-18(7-8-26-27)20(28)25-12-17-11-15-9-14(5-6-19(15)29-17)13-3-2-4-16(10-13)30-21(22,23)24/h2-10,17H,11-12H2,1H3,(H,25,28)/t17-/m0/s1. The number of amides is 1. The smallest absolute Gasteiger partial charge is 0.488 e. The third-order valence-electron chi connectivity index (χ3n) is 4.75. The number of benzene rings is 2. The van der Waals surface area contributed by atoms with Gasteiger partial charge in [-0.25, -0.2) is 0 Å². The number of hydrogen-bond acceptors (Lipinski definition) is 4. The molecule has 0 unspecified atom stereocenters. The molecule has 3 aromatic rings. The first-order chi connectivity index (χ1) is 14.3. The molecule has 2 heterocycles. The second-order valence-electron chi connectivity index (χ2n) is 6.89. The van der Waals surface area contributed by atoms with Crippen LogP contribution in [-0.2, 0) is 13.5 Å². The summed E-state index contributed by atoms with van der Waals surface area (Å²) in [4.78, 5) is 12.2. The predicted molar refractivity (Wildman–Crippen MR) is 102 cm³/mol. The number of aryl methyl sites for hydroxylation is 1. The number of nitrogens with zero attached hydrogens (tertiary/aromatic N) is 2. The molecule has 4 rings (SSSR count). The summed E-state index contributed by atoms with van der Waals surface area (Å²) in [7, 11) is 1.69. The Morgan fingerprint density at radius 3 is 2.77 bits per heavy atom. The summed E-state index contributed by atoms with van der Waals surface area (Å²) in [5.74, 6) is 0.186. The predicted octanol–water partition coefficient (Wildman–Crippen LogP) is 3.72. The van der Waals surface area contributed by atoms with Crippen molar-refractivity contribution in [2.45, 2.75) is 18.9 Å². The van der Waals surface area contributed by atoms with E-state index in [9.17, 15) is 18.0 Å². The molecule has 0 spiro atoms. The summed E-state index contributed by atoms with van der Waals surface area (Å²) in [5, 5.41) is 6.80. The van der Waals surface area contributed by atoms with Gasteiger partial charge in [-0.1, -0.05) is 18.2 Å². The van der Waals surface area contributed by atoms with E-state index in [2.05, 4.69) is 15.2 Å². The van der Waals surface area contributed by atoms with Crippen LogP contribution in [0.3, 0.4) is 0 Å². The number of halogens is 3. The molecular formula is C21H18F3N3O3. The van der Waals surface area contributed by atoms with Crippen molar-refractivity contribution in [1.82, 2.24) is 15.1 Å². The first-order valence-electron chi connectivity index (χ1n) is 9.20. The lowest BCUT2D eigenvalue weighted by Crippen LogP contribution is -2.35. The zero-order chi connectivity index (χ0) is 21.3. The van der Waals surface area contributed by atoms with Crippen LogP contribution in [0, 0.1) is 0 Å². The number of carbonyl (C=O) groups excluding carboxylic acids is 1. The zero-order valence-electron chi connectivity index (χ0n) is 15.9. The summed E-state index contributed by atoms with van der Waals surface area (Å²) in [5.41, 5.74) is 2.74. The fraction of sp³-hybridized carbons (Fsp3) is 0.238. The number of hydrogen-bond donors (Lipinski definition) is 1. The zero-order valence-corrected chi connectivity index (χ0v) is 15.9. The molecule has 0 saturated carbocycles. The summed E-state index contributed by atoms with van der Waals surface area (Å²) in [6, 6.07) is 12.9. The minimum atomic E-state index is -4.74. The molecule has 1 aliphatic rings. The Bertz CT molecular complexity index is 1080. The van der Waals surface area contributed by atoms with Gasteiger partial charge in [0.2, 0.25) is 0 Å². The van der Waals surface area contributed by atoms with Gasteiger partial charge in [-0.15, -0.1) is 13.2 Å². The number of carbonyl (C=O) groups is 1. The van der Waals surface area contributed by atoms with Gasteiger partial charge in [-0.05, 0) is 47.0 Å². The van der Waals surface area contributed by atoms with E-state index < -0.39 is 6.36 Å². The van der Waals surface area contributed by atoms with Crippen LogP contribution in [0.2, 0.25) is 0 Å². The van der Waals surface area contributed by atoms with E-state index in [0.717, 1.165) is 11.1 Å².